The van der Waals surface area contributed by atoms with Gasteiger partial charge in [0, 0.05) is 37.6 Å². The predicted molar refractivity (Wildman–Crippen MR) is 100.0 cm³/mol. The Morgan fingerprint density at radius 3 is 2.64 bits per heavy atom. The zero-order valence-corrected chi connectivity index (χ0v) is 15.2. The Bertz CT molecular complexity index is 1060. The maximum Gasteiger partial charge on any atom is 0.255 e. The number of nitrogens with zero attached hydrogens (tertiary/aromatic N) is 4. The largest absolute Gasteiger partial charge is 0.370 e. The number of hydrogen-bond acceptors (Lipinski definition) is 5. The van der Waals surface area contributed by atoms with Crippen LogP contribution in [0.25, 0.3) is 11.3 Å². The zero-order valence-electron chi connectivity index (χ0n) is 15.2. The average Bonchev–Trinajstić information content (AvgIpc) is 2.72. The van der Waals surface area contributed by atoms with Crippen molar-refractivity contribution in [2.75, 3.05) is 24.6 Å². The fourth-order valence-corrected chi connectivity index (χ4v) is 3.23. The van der Waals surface area contributed by atoms with Gasteiger partial charge < -0.3 is 9.64 Å². The number of pyridine rings is 1. The highest BCUT2D eigenvalue weighted by atomic mass is 19.2. The van der Waals surface area contributed by atoms with Crippen LogP contribution in [-0.4, -0.2) is 34.2 Å². The van der Waals surface area contributed by atoms with Crippen LogP contribution in [-0.2, 0) is 11.8 Å². The molecule has 1 saturated heterocycles. The highest BCUT2D eigenvalue weighted by Gasteiger charge is 2.26. The lowest BCUT2D eigenvalue weighted by Crippen LogP contribution is -2.41. The second-order valence-corrected chi connectivity index (χ2v) is 6.55. The minimum Gasteiger partial charge on any atom is -0.370 e. The third-order valence-corrected chi connectivity index (χ3v) is 4.75. The second-order valence-electron chi connectivity index (χ2n) is 6.55. The van der Waals surface area contributed by atoms with E-state index in [0.29, 0.717) is 36.9 Å². The molecular weight excluding hydrogens is 366 g/mol. The van der Waals surface area contributed by atoms with E-state index in [-0.39, 0.29) is 5.56 Å². The van der Waals surface area contributed by atoms with Crippen molar-refractivity contribution in [3.63, 3.8) is 0 Å². The highest BCUT2D eigenvalue weighted by Crippen LogP contribution is 2.27. The first-order valence-electron chi connectivity index (χ1n) is 8.83. The van der Waals surface area contributed by atoms with E-state index in [2.05, 4.69) is 9.97 Å². The Hall–Kier alpha value is -3.13. The summed E-state index contributed by atoms with van der Waals surface area (Å²) in [6, 6.07) is 8.79. The molecule has 1 aliphatic heterocycles. The van der Waals surface area contributed by atoms with Crippen molar-refractivity contribution in [1.29, 1.82) is 0 Å². The molecule has 4 rings (SSSR count). The van der Waals surface area contributed by atoms with E-state index in [4.69, 9.17) is 4.74 Å². The summed E-state index contributed by atoms with van der Waals surface area (Å²) in [7, 11) is 1.66. The van der Waals surface area contributed by atoms with Crippen LogP contribution in [0.15, 0.2) is 53.6 Å². The van der Waals surface area contributed by atoms with Crippen molar-refractivity contribution in [3.05, 3.63) is 76.3 Å². The van der Waals surface area contributed by atoms with Gasteiger partial charge in [-0.25, -0.2) is 13.8 Å². The van der Waals surface area contributed by atoms with Crippen molar-refractivity contribution in [2.24, 2.45) is 7.05 Å². The summed E-state index contributed by atoms with van der Waals surface area (Å²) in [5.41, 5.74) is 1.70. The van der Waals surface area contributed by atoms with Crippen LogP contribution in [0.3, 0.4) is 0 Å². The Balaban J connectivity index is 1.67. The zero-order chi connectivity index (χ0) is 19.7. The lowest BCUT2D eigenvalue weighted by molar-refractivity contribution is 0.0387. The minimum atomic E-state index is -0.913. The summed E-state index contributed by atoms with van der Waals surface area (Å²) in [6.07, 6.45) is 2.83. The van der Waals surface area contributed by atoms with Gasteiger partial charge in [-0.05, 0) is 29.8 Å². The first-order valence-corrected chi connectivity index (χ1v) is 8.83. The predicted octanol–water partition coefficient (Wildman–Crippen LogP) is 2.70. The second kappa shape index (κ2) is 7.47. The van der Waals surface area contributed by atoms with Crippen LogP contribution in [0.1, 0.15) is 11.7 Å². The summed E-state index contributed by atoms with van der Waals surface area (Å²) in [5.74, 6) is -1.32. The molecule has 0 amide bonds. The number of anilines is 1. The third-order valence-electron chi connectivity index (χ3n) is 4.75. The van der Waals surface area contributed by atoms with Gasteiger partial charge >= 0.3 is 0 Å². The van der Waals surface area contributed by atoms with Crippen molar-refractivity contribution >= 4 is 5.95 Å². The number of halogens is 2. The van der Waals surface area contributed by atoms with Crippen molar-refractivity contribution in [2.45, 2.75) is 6.10 Å². The fraction of sp³-hybridized carbons (Fsp3) is 0.250. The Morgan fingerprint density at radius 1 is 1.11 bits per heavy atom. The van der Waals surface area contributed by atoms with Crippen LogP contribution in [0.5, 0.6) is 0 Å². The third kappa shape index (κ3) is 3.50. The molecule has 8 heteroatoms. The number of aromatic nitrogens is 3. The Kier molecular flexibility index (Phi) is 4.87. The van der Waals surface area contributed by atoms with Crippen LogP contribution < -0.4 is 10.5 Å². The number of rotatable bonds is 3. The molecule has 0 saturated carbocycles. The molecule has 144 valence electrons. The van der Waals surface area contributed by atoms with Gasteiger partial charge in [-0.15, -0.1) is 0 Å². The van der Waals surface area contributed by atoms with Gasteiger partial charge in [0.2, 0.25) is 5.95 Å². The van der Waals surface area contributed by atoms with Gasteiger partial charge in [0.25, 0.3) is 5.56 Å². The molecule has 1 atom stereocenters. The van der Waals surface area contributed by atoms with Crippen LogP contribution >= 0.6 is 0 Å². The van der Waals surface area contributed by atoms with E-state index >= 15 is 0 Å². The van der Waals surface area contributed by atoms with Gasteiger partial charge in [-0.2, -0.15) is 0 Å². The summed E-state index contributed by atoms with van der Waals surface area (Å²) in [5, 5.41) is 0. The lowest BCUT2D eigenvalue weighted by atomic mass is 10.1. The van der Waals surface area contributed by atoms with Crippen molar-refractivity contribution in [1.82, 2.24) is 14.5 Å². The van der Waals surface area contributed by atoms with E-state index in [1.54, 1.807) is 31.6 Å². The van der Waals surface area contributed by atoms with Gasteiger partial charge in [0.05, 0.1) is 18.8 Å². The molecule has 1 unspecified atom stereocenters. The topological polar surface area (TPSA) is 60.2 Å². The monoisotopic (exact) mass is 384 g/mol. The van der Waals surface area contributed by atoms with Crippen LogP contribution in [0, 0.1) is 11.6 Å². The fourth-order valence-electron chi connectivity index (χ4n) is 3.23. The van der Waals surface area contributed by atoms with E-state index in [0.717, 1.165) is 17.7 Å². The SMILES string of the molecule is Cn1c(N2CCOC(c3ccc(F)c(F)c3)C2)nc(-c2ccncc2)cc1=O. The van der Waals surface area contributed by atoms with E-state index < -0.39 is 17.7 Å². The number of hydrogen-bond donors (Lipinski definition) is 0. The molecule has 1 aliphatic rings. The number of morpholine rings is 1. The molecule has 28 heavy (non-hydrogen) atoms. The normalized spacial score (nSPS) is 17.0. The maximum atomic E-state index is 13.6. The number of benzene rings is 1. The minimum absolute atomic E-state index is 0.187. The Morgan fingerprint density at radius 2 is 1.89 bits per heavy atom. The standard InChI is InChI=1S/C20H18F2N4O2/c1-25-19(27)11-17(13-4-6-23-7-5-13)24-20(25)26-8-9-28-18(12-26)14-2-3-15(21)16(22)10-14/h2-7,10-11,18H,8-9,12H2,1H3. The van der Waals surface area contributed by atoms with Crippen molar-refractivity contribution in [3.8, 4) is 11.3 Å². The van der Waals surface area contributed by atoms with Gasteiger partial charge in [0.1, 0.15) is 6.10 Å². The van der Waals surface area contributed by atoms with Gasteiger partial charge in [-0.3, -0.25) is 14.3 Å². The summed E-state index contributed by atoms with van der Waals surface area (Å²) in [4.78, 5) is 23.0. The summed E-state index contributed by atoms with van der Waals surface area (Å²) >= 11 is 0. The molecule has 0 radical (unpaired) electrons. The quantitative estimate of drug-likeness (QED) is 0.695. The highest BCUT2D eigenvalue weighted by molar-refractivity contribution is 5.59. The molecular formula is C20H18F2N4O2. The van der Waals surface area contributed by atoms with Gasteiger partial charge in [0.15, 0.2) is 11.6 Å². The molecule has 3 aromatic rings. The molecule has 3 heterocycles. The van der Waals surface area contributed by atoms with E-state index in [9.17, 15) is 13.6 Å². The molecule has 2 aromatic heterocycles. The average molecular weight is 384 g/mol. The molecule has 1 aromatic carbocycles. The molecule has 0 spiro atoms. The van der Waals surface area contributed by atoms with E-state index in [1.165, 1.54) is 16.7 Å². The molecule has 1 fully saturated rings. The molecule has 0 aliphatic carbocycles. The van der Waals surface area contributed by atoms with Crippen molar-refractivity contribution < 1.29 is 13.5 Å². The Labute approximate surface area is 160 Å². The first kappa shape index (κ1) is 18.2. The maximum absolute atomic E-state index is 13.6. The van der Waals surface area contributed by atoms with E-state index in [1.807, 2.05) is 4.90 Å². The smallest absolute Gasteiger partial charge is 0.255 e. The van der Waals surface area contributed by atoms with Crippen LogP contribution in [0.2, 0.25) is 0 Å². The first-order chi connectivity index (χ1) is 13.5. The number of ether oxygens (including phenoxy) is 1. The lowest BCUT2D eigenvalue weighted by Gasteiger charge is -2.34. The molecule has 6 nitrogen and oxygen atoms in total. The van der Waals surface area contributed by atoms with Crippen LogP contribution in [0.4, 0.5) is 14.7 Å². The molecule has 0 bridgehead atoms. The van der Waals surface area contributed by atoms with Gasteiger partial charge in [-0.1, -0.05) is 6.07 Å². The molecule has 0 N–H and O–H groups in total. The summed E-state index contributed by atoms with van der Waals surface area (Å²) < 4.78 is 34.0. The summed E-state index contributed by atoms with van der Waals surface area (Å²) in [6.45, 7) is 1.27.